The Morgan fingerprint density at radius 2 is 1.74 bits per heavy atom. The van der Waals surface area contributed by atoms with Crippen LogP contribution in [0.5, 0.6) is 0 Å². The van der Waals surface area contributed by atoms with Crippen LogP contribution in [0.1, 0.15) is 45.9 Å². The van der Waals surface area contributed by atoms with Gasteiger partial charge in [-0.1, -0.05) is 62.7 Å². The first-order valence-electron chi connectivity index (χ1n) is 11.6. The summed E-state index contributed by atoms with van der Waals surface area (Å²) in [6.07, 6.45) is 0. The third-order valence-electron chi connectivity index (χ3n) is 5.41. The first-order valence-corrected chi connectivity index (χ1v) is 12.0. The molecule has 0 aliphatic rings. The van der Waals surface area contributed by atoms with Crippen LogP contribution in [-0.2, 0) is 26.3 Å². The second kappa shape index (κ2) is 11.5. The Balaban J connectivity index is 1.70. The highest BCUT2D eigenvalue weighted by Crippen LogP contribution is 2.27. The fraction of sp³-hybridized carbons (Fsp3) is 0.370. The van der Waals surface area contributed by atoms with Crippen LogP contribution in [0, 0.1) is 0 Å². The van der Waals surface area contributed by atoms with Gasteiger partial charge in [-0.3, -0.25) is 9.59 Å². The van der Waals surface area contributed by atoms with Crippen LogP contribution in [0.25, 0.3) is 5.69 Å². The average Bonchev–Trinajstić information content (AvgIpc) is 3.22. The number of rotatable bonds is 9. The fourth-order valence-corrected chi connectivity index (χ4v) is 3.55. The van der Waals surface area contributed by atoms with Crippen LogP contribution in [0.2, 0.25) is 5.02 Å². The number of ether oxygens (including phenoxy) is 1. The number of aromatic nitrogens is 2. The van der Waals surface area contributed by atoms with Gasteiger partial charge in [0.1, 0.15) is 19.0 Å². The monoisotopic (exact) mass is 496 g/mol. The van der Waals surface area contributed by atoms with Gasteiger partial charge >= 0.3 is 0 Å². The maximum Gasteiger partial charge on any atom is 0.249 e. The van der Waals surface area contributed by atoms with E-state index in [0.29, 0.717) is 17.4 Å². The van der Waals surface area contributed by atoms with Crippen molar-refractivity contribution < 1.29 is 14.3 Å². The molecule has 1 N–H and O–H groups in total. The molecule has 0 bridgehead atoms. The Hall–Kier alpha value is -3.16. The van der Waals surface area contributed by atoms with Gasteiger partial charge in [-0.2, -0.15) is 5.10 Å². The zero-order valence-corrected chi connectivity index (χ0v) is 21.7. The van der Waals surface area contributed by atoms with E-state index >= 15 is 0 Å². The van der Waals surface area contributed by atoms with Gasteiger partial charge in [0.2, 0.25) is 11.8 Å². The van der Waals surface area contributed by atoms with Gasteiger partial charge in [-0.15, -0.1) is 0 Å². The molecule has 0 saturated carbocycles. The molecule has 1 aromatic heterocycles. The Labute approximate surface area is 212 Å². The summed E-state index contributed by atoms with van der Waals surface area (Å²) in [7, 11) is 0. The summed E-state index contributed by atoms with van der Waals surface area (Å²) in [6.45, 7) is 10.1. The molecule has 0 saturated heterocycles. The van der Waals surface area contributed by atoms with Gasteiger partial charge in [0.15, 0.2) is 0 Å². The van der Waals surface area contributed by atoms with E-state index < -0.39 is 0 Å². The van der Waals surface area contributed by atoms with Crippen molar-refractivity contribution in [2.75, 3.05) is 18.5 Å². The van der Waals surface area contributed by atoms with E-state index in [1.165, 1.54) is 4.90 Å². The SMILES string of the molecule is CC(C)N(CC(=O)Nc1cc(C(C)(C)C)nn1-c1ccc(Cl)cc1)C(=O)COCc1ccccc1. The molecule has 2 amide bonds. The van der Waals surface area contributed by atoms with Gasteiger partial charge < -0.3 is 15.0 Å². The molecule has 7 nitrogen and oxygen atoms in total. The molecule has 3 rings (SSSR count). The molecular formula is C27H33ClN4O3. The van der Waals surface area contributed by atoms with Gasteiger partial charge in [0.25, 0.3) is 0 Å². The van der Waals surface area contributed by atoms with Crippen LogP contribution in [0.4, 0.5) is 5.82 Å². The molecule has 0 radical (unpaired) electrons. The largest absolute Gasteiger partial charge is 0.367 e. The highest BCUT2D eigenvalue weighted by atomic mass is 35.5. The Bertz CT molecular complexity index is 1140. The number of benzene rings is 2. The molecule has 2 aromatic carbocycles. The first kappa shape index (κ1) is 26.4. The minimum absolute atomic E-state index is 0.0954. The lowest BCUT2D eigenvalue weighted by molar-refractivity contribution is -0.141. The van der Waals surface area contributed by atoms with Crippen LogP contribution < -0.4 is 5.32 Å². The lowest BCUT2D eigenvalue weighted by Gasteiger charge is -2.26. The number of amides is 2. The summed E-state index contributed by atoms with van der Waals surface area (Å²) < 4.78 is 7.27. The van der Waals surface area contributed by atoms with Crippen LogP contribution in [-0.4, -0.2) is 45.7 Å². The van der Waals surface area contributed by atoms with Crippen molar-refractivity contribution in [2.45, 2.75) is 52.7 Å². The molecule has 0 atom stereocenters. The standard InChI is InChI=1S/C27H33ClN4O3/c1-19(2)31(26(34)18-35-17-20-9-7-6-8-10-20)16-25(33)29-24-15-23(27(3,4)5)30-32(24)22-13-11-21(28)12-14-22/h6-15,19H,16-18H2,1-5H3,(H,29,33). The maximum atomic E-state index is 13.0. The molecule has 0 spiro atoms. The van der Waals surface area contributed by atoms with E-state index in [2.05, 4.69) is 26.1 Å². The molecule has 8 heteroatoms. The first-order chi connectivity index (χ1) is 16.5. The number of carbonyl (C=O) groups is 2. The molecule has 0 fully saturated rings. The number of hydrogen-bond acceptors (Lipinski definition) is 4. The highest BCUT2D eigenvalue weighted by molar-refractivity contribution is 6.30. The van der Waals surface area contributed by atoms with Gasteiger partial charge in [0, 0.05) is 22.5 Å². The fourth-order valence-electron chi connectivity index (χ4n) is 3.42. The molecule has 1 heterocycles. The van der Waals surface area contributed by atoms with Crippen molar-refractivity contribution in [1.29, 1.82) is 0 Å². The Morgan fingerprint density at radius 3 is 2.34 bits per heavy atom. The van der Waals surface area contributed by atoms with Crippen molar-refractivity contribution in [3.63, 3.8) is 0 Å². The molecule has 0 aliphatic heterocycles. The van der Waals surface area contributed by atoms with Gasteiger partial charge in [-0.25, -0.2) is 4.68 Å². The number of halogens is 1. The third-order valence-corrected chi connectivity index (χ3v) is 5.66. The molecule has 3 aromatic rings. The van der Waals surface area contributed by atoms with Crippen molar-refractivity contribution in [3.05, 3.63) is 76.9 Å². The third kappa shape index (κ3) is 7.41. The van der Waals surface area contributed by atoms with Crippen molar-refractivity contribution in [3.8, 4) is 5.69 Å². The van der Waals surface area contributed by atoms with Crippen LogP contribution in [0.3, 0.4) is 0 Å². The second-order valence-corrected chi connectivity index (χ2v) is 10.1. The van der Waals surface area contributed by atoms with Crippen molar-refractivity contribution in [1.82, 2.24) is 14.7 Å². The molecule has 35 heavy (non-hydrogen) atoms. The summed E-state index contributed by atoms with van der Waals surface area (Å²) in [5.74, 6) is -0.0305. The van der Waals surface area contributed by atoms with E-state index in [1.54, 1.807) is 16.8 Å². The molecular weight excluding hydrogens is 464 g/mol. The minimum atomic E-state index is -0.314. The smallest absolute Gasteiger partial charge is 0.249 e. The van der Waals surface area contributed by atoms with E-state index in [9.17, 15) is 9.59 Å². The maximum absolute atomic E-state index is 13.0. The summed E-state index contributed by atoms with van der Waals surface area (Å²) in [6, 6.07) is 18.6. The minimum Gasteiger partial charge on any atom is -0.367 e. The van der Waals surface area contributed by atoms with E-state index in [1.807, 2.05) is 62.4 Å². The predicted octanol–water partition coefficient (Wildman–Crippen LogP) is 5.22. The summed E-state index contributed by atoms with van der Waals surface area (Å²) >= 11 is 6.04. The zero-order chi connectivity index (χ0) is 25.6. The highest BCUT2D eigenvalue weighted by Gasteiger charge is 2.24. The lowest BCUT2D eigenvalue weighted by atomic mass is 9.92. The molecule has 0 unspecified atom stereocenters. The summed E-state index contributed by atoms with van der Waals surface area (Å²) in [5, 5.41) is 8.26. The molecule has 0 aliphatic carbocycles. The number of nitrogens with one attached hydrogen (secondary N) is 1. The number of nitrogens with zero attached hydrogens (tertiary/aromatic N) is 3. The quantitative estimate of drug-likeness (QED) is 0.441. The van der Waals surface area contributed by atoms with Gasteiger partial charge in [-0.05, 0) is 43.7 Å². The van der Waals surface area contributed by atoms with Crippen LogP contribution >= 0.6 is 11.6 Å². The number of hydrogen-bond donors (Lipinski definition) is 1. The zero-order valence-electron chi connectivity index (χ0n) is 20.9. The topological polar surface area (TPSA) is 76.5 Å². The Kier molecular flexibility index (Phi) is 8.70. The predicted molar refractivity (Wildman–Crippen MR) is 139 cm³/mol. The van der Waals surface area contributed by atoms with Crippen molar-refractivity contribution in [2.24, 2.45) is 0 Å². The van der Waals surface area contributed by atoms with Crippen molar-refractivity contribution >= 4 is 29.2 Å². The van der Waals surface area contributed by atoms with Crippen LogP contribution in [0.15, 0.2) is 60.7 Å². The van der Waals surface area contributed by atoms with E-state index in [-0.39, 0.29) is 36.4 Å². The van der Waals surface area contributed by atoms with Gasteiger partial charge in [0.05, 0.1) is 18.0 Å². The number of anilines is 1. The second-order valence-electron chi connectivity index (χ2n) is 9.70. The normalized spacial score (nSPS) is 11.5. The Morgan fingerprint density at radius 1 is 1.09 bits per heavy atom. The summed E-state index contributed by atoms with van der Waals surface area (Å²) in [5.41, 5.74) is 2.37. The molecule has 186 valence electrons. The van der Waals surface area contributed by atoms with E-state index in [0.717, 1.165) is 16.9 Å². The lowest BCUT2D eigenvalue weighted by Crippen LogP contribution is -2.44. The van der Waals surface area contributed by atoms with E-state index in [4.69, 9.17) is 21.4 Å². The number of carbonyl (C=O) groups excluding carboxylic acids is 2. The average molecular weight is 497 g/mol. The summed E-state index contributed by atoms with van der Waals surface area (Å²) in [4.78, 5) is 27.3.